The molecule has 1 aromatic heterocycles. The Morgan fingerprint density at radius 3 is 2.93 bits per heavy atom. The average molecular weight is 381 g/mol. The van der Waals surface area contributed by atoms with Gasteiger partial charge in [-0.15, -0.1) is 0 Å². The van der Waals surface area contributed by atoms with Crippen LogP contribution in [-0.2, 0) is 0 Å². The first-order chi connectivity index (χ1) is 13.6. The van der Waals surface area contributed by atoms with Crippen LogP contribution in [-0.4, -0.2) is 34.0 Å². The molecule has 2 heterocycles. The van der Waals surface area contributed by atoms with Gasteiger partial charge in [0.15, 0.2) is 0 Å². The molecule has 2 aromatic carbocycles. The molecule has 4 rings (SSSR count). The zero-order valence-electron chi connectivity index (χ0n) is 15.5. The number of ether oxygens (including phenoxy) is 1. The molecule has 144 valence electrons. The summed E-state index contributed by atoms with van der Waals surface area (Å²) in [5.74, 6) is 0.275. The number of halogens is 1. The fourth-order valence-corrected chi connectivity index (χ4v) is 3.41. The molecule has 0 bridgehead atoms. The lowest BCUT2D eigenvalue weighted by atomic mass is 9.96. The summed E-state index contributed by atoms with van der Waals surface area (Å²) in [6.45, 7) is 3.14. The molecule has 1 fully saturated rings. The van der Waals surface area contributed by atoms with Gasteiger partial charge >= 0.3 is 6.01 Å². The highest BCUT2D eigenvalue weighted by molar-refractivity contribution is 5.95. The van der Waals surface area contributed by atoms with Crippen molar-refractivity contribution in [3.8, 4) is 11.8 Å². The number of aromatic nitrogens is 2. The Kier molecular flexibility index (Phi) is 5.06. The van der Waals surface area contributed by atoms with Gasteiger partial charge in [-0.2, -0.15) is 4.98 Å². The summed E-state index contributed by atoms with van der Waals surface area (Å²) in [6, 6.07) is 13.3. The smallest absolute Gasteiger partial charge is 0.359 e. The van der Waals surface area contributed by atoms with Crippen molar-refractivity contribution in [3.63, 3.8) is 0 Å². The minimum atomic E-state index is -0.404. The predicted molar refractivity (Wildman–Crippen MR) is 99.8 cm³/mol. The molecule has 6 nitrogen and oxygen atoms in total. The summed E-state index contributed by atoms with van der Waals surface area (Å²) in [6.07, 6.45) is 1.70. The number of benzene rings is 2. The summed E-state index contributed by atoms with van der Waals surface area (Å²) in [4.78, 5) is 19.0. The molecule has 0 unspecified atom stereocenters. The van der Waals surface area contributed by atoms with Crippen LogP contribution in [0.2, 0.25) is 0 Å². The Hall–Kier alpha value is -3.22. The number of hydrogen-bond acceptors (Lipinski definition) is 5. The first-order valence-corrected chi connectivity index (χ1v) is 9.22. The van der Waals surface area contributed by atoms with Gasteiger partial charge < -0.3 is 14.2 Å². The maximum Gasteiger partial charge on any atom is 0.359 e. The molecular formula is C21H20FN3O3. The highest BCUT2D eigenvalue weighted by Gasteiger charge is 2.29. The van der Waals surface area contributed by atoms with E-state index in [1.807, 2.05) is 36.1 Å². The number of likely N-dealkylation sites (tertiary alicyclic amines) is 1. The topological polar surface area (TPSA) is 68.5 Å². The highest BCUT2D eigenvalue weighted by atomic mass is 19.1. The molecule has 7 heteroatoms. The van der Waals surface area contributed by atoms with Crippen molar-refractivity contribution in [2.24, 2.45) is 0 Å². The summed E-state index contributed by atoms with van der Waals surface area (Å²) >= 11 is 0. The van der Waals surface area contributed by atoms with Gasteiger partial charge in [0.1, 0.15) is 11.6 Å². The third-order valence-electron chi connectivity index (χ3n) is 4.86. The van der Waals surface area contributed by atoms with Crippen molar-refractivity contribution in [3.05, 3.63) is 71.4 Å². The molecule has 0 spiro atoms. The molecule has 0 aliphatic carbocycles. The number of hydrogen-bond donors (Lipinski definition) is 0. The lowest BCUT2D eigenvalue weighted by molar-refractivity contribution is 0.0695. The SMILES string of the molecule is Cc1ccccc1C(=O)N1CCC[C@H](c2nc(Oc3cccc(F)c3)no2)C1. The quantitative estimate of drug-likeness (QED) is 0.673. The van der Waals surface area contributed by atoms with Crippen LogP contribution in [0.5, 0.6) is 11.8 Å². The maximum atomic E-state index is 13.3. The summed E-state index contributed by atoms with van der Waals surface area (Å²) in [5.41, 5.74) is 1.67. The van der Waals surface area contributed by atoms with Gasteiger partial charge in [0.25, 0.3) is 5.91 Å². The van der Waals surface area contributed by atoms with Gasteiger partial charge in [-0.3, -0.25) is 4.79 Å². The van der Waals surface area contributed by atoms with E-state index in [0.29, 0.717) is 30.3 Å². The second-order valence-corrected chi connectivity index (χ2v) is 6.88. The Bertz CT molecular complexity index is 988. The molecule has 0 radical (unpaired) electrons. The van der Waals surface area contributed by atoms with Gasteiger partial charge in [-0.1, -0.05) is 24.3 Å². The monoisotopic (exact) mass is 381 g/mol. The second kappa shape index (κ2) is 7.80. The number of carbonyl (C=O) groups is 1. The first kappa shape index (κ1) is 18.2. The van der Waals surface area contributed by atoms with Gasteiger partial charge in [0, 0.05) is 24.7 Å². The molecule has 1 aliphatic heterocycles. The fraction of sp³-hybridized carbons (Fsp3) is 0.286. The van der Waals surface area contributed by atoms with Gasteiger partial charge in [-0.05, 0) is 48.7 Å². The minimum absolute atomic E-state index is 0.0125. The molecule has 28 heavy (non-hydrogen) atoms. The summed E-state index contributed by atoms with van der Waals surface area (Å²) < 4.78 is 24.1. The average Bonchev–Trinajstić information content (AvgIpc) is 3.16. The van der Waals surface area contributed by atoms with Crippen molar-refractivity contribution >= 4 is 5.91 Å². The molecule has 3 aromatic rings. The third-order valence-corrected chi connectivity index (χ3v) is 4.86. The molecule has 1 atom stereocenters. The number of rotatable bonds is 4. The number of nitrogens with zero attached hydrogens (tertiary/aromatic N) is 3. The second-order valence-electron chi connectivity index (χ2n) is 6.88. The van der Waals surface area contributed by atoms with Crippen LogP contribution in [0.25, 0.3) is 0 Å². The first-order valence-electron chi connectivity index (χ1n) is 9.22. The van der Waals surface area contributed by atoms with Crippen molar-refractivity contribution < 1.29 is 18.4 Å². The van der Waals surface area contributed by atoms with Gasteiger partial charge in [-0.25, -0.2) is 4.39 Å². The van der Waals surface area contributed by atoms with Gasteiger partial charge in [0.05, 0.1) is 5.92 Å². The van der Waals surface area contributed by atoms with Crippen LogP contribution in [0, 0.1) is 12.7 Å². The summed E-state index contributed by atoms with van der Waals surface area (Å²) in [7, 11) is 0. The minimum Gasteiger partial charge on any atom is -0.422 e. The normalized spacial score (nSPS) is 16.8. The van der Waals surface area contributed by atoms with Crippen molar-refractivity contribution in [2.75, 3.05) is 13.1 Å². The molecule has 0 N–H and O–H groups in total. The number of aryl methyl sites for hydroxylation is 1. The van der Waals surface area contributed by atoms with Gasteiger partial charge in [0.2, 0.25) is 5.89 Å². The Morgan fingerprint density at radius 2 is 2.11 bits per heavy atom. The number of carbonyl (C=O) groups excluding carboxylic acids is 1. The zero-order chi connectivity index (χ0) is 19.5. The van der Waals surface area contributed by atoms with E-state index in [9.17, 15) is 9.18 Å². The lowest BCUT2D eigenvalue weighted by Crippen LogP contribution is -2.39. The Morgan fingerprint density at radius 1 is 1.25 bits per heavy atom. The van der Waals surface area contributed by atoms with Crippen LogP contribution in [0.1, 0.15) is 40.6 Å². The largest absolute Gasteiger partial charge is 0.422 e. The van der Waals surface area contributed by atoms with E-state index in [-0.39, 0.29) is 17.8 Å². The summed E-state index contributed by atoms with van der Waals surface area (Å²) in [5, 5.41) is 3.82. The van der Waals surface area contributed by atoms with E-state index in [0.717, 1.165) is 18.4 Å². The lowest BCUT2D eigenvalue weighted by Gasteiger charge is -2.31. The van der Waals surface area contributed by atoms with Crippen LogP contribution in [0.4, 0.5) is 4.39 Å². The Balaban J connectivity index is 1.46. The van der Waals surface area contributed by atoms with Crippen molar-refractivity contribution in [1.29, 1.82) is 0 Å². The highest BCUT2D eigenvalue weighted by Crippen LogP contribution is 2.29. The molecule has 1 saturated heterocycles. The molecule has 0 saturated carbocycles. The maximum absolute atomic E-state index is 13.3. The number of piperidine rings is 1. The predicted octanol–water partition coefficient (Wildman–Crippen LogP) is 4.33. The zero-order valence-corrected chi connectivity index (χ0v) is 15.5. The molecular weight excluding hydrogens is 361 g/mol. The van der Waals surface area contributed by atoms with E-state index in [4.69, 9.17) is 9.26 Å². The molecule has 1 aliphatic rings. The van der Waals surface area contributed by atoms with Crippen LogP contribution < -0.4 is 4.74 Å². The van der Waals surface area contributed by atoms with Crippen LogP contribution in [0.3, 0.4) is 0 Å². The Labute approximate surface area is 161 Å². The van der Waals surface area contributed by atoms with E-state index < -0.39 is 5.82 Å². The van der Waals surface area contributed by atoms with Crippen LogP contribution >= 0.6 is 0 Å². The van der Waals surface area contributed by atoms with E-state index >= 15 is 0 Å². The van der Waals surface area contributed by atoms with E-state index in [1.54, 1.807) is 12.1 Å². The standard InChI is InChI=1S/C21H20FN3O3/c1-14-6-2-3-10-18(14)20(26)25-11-5-7-15(13-25)19-23-21(24-28-19)27-17-9-4-8-16(22)12-17/h2-4,6,8-10,12,15H,5,7,11,13H2,1H3/t15-/m0/s1. The van der Waals surface area contributed by atoms with E-state index in [2.05, 4.69) is 10.1 Å². The fourth-order valence-electron chi connectivity index (χ4n) is 3.41. The van der Waals surface area contributed by atoms with Crippen LogP contribution in [0.15, 0.2) is 53.1 Å². The molecule has 1 amide bonds. The third kappa shape index (κ3) is 3.88. The van der Waals surface area contributed by atoms with E-state index in [1.165, 1.54) is 12.1 Å². The van der Waals surface area contributed by atoms with Crippen molar-refractivity contribution in [2.45, 2.75) is 25.7 Å². The number of amides is 1. The van der Waals surface area contributed by atoms with Crippen molar-refractivity contribution in [1.82, 2.24) is 15.0 Å².